The minimum absolute atomic E-state index is 0.0791. The number of carbonyl (C=O) groups is 1. The minimum Gasteiger partial charge on any atom is -0.497 e. The zero-order valence-corrected chi connectivity index (χ0v) is 19.5. The van der Waals surface area contributed by atoms with Crippen LogP contribution in [0.3, 0.4) is 0 Å². The molecule has 1 saturated carbocycles. The van der Waals surface area contributed by atoms with Gasteiger partial charge in [0.05, 0.1) is 13.7 Å². The van der Waals surface area contributed by atoms with Crippen LogP contribution >= 0.6 is 0 Å². The van der Waals surface area contributed by atoms with Gasteiger partial charge < -0.3 is 14.2 Å². The van der Waals surface area contributed by atoms with Gasteiger partial charge in [0.1, 0.15) is 17.9 Å². The Morgan fingerprint density at radius 3 is 2.64 bits per heavy atom. The van der Waals surface area contributed by atoms with Gasteiger partial charge in [-0.2, -0.15) is 0 Å². The fourth-order valence-electron chi connectivity index (χ4n) is 5.85. The highest BCUT2D eigenvalue weighted by Gasteiger charge is 2.50. The van der Waals surface area contributed by atoms with Crippen molar-refractivity contribution < 1.29 is 9.53 Å². The van der Waals surface area contributed by atoms with Crippen LogP contribution < -0.4 is 4.74 Å². The molecule has 1 spiro atoms. The molecule has 6 heteroatoms. The molecule has 0 N–H and O–H groups in total. The third kappa shape index (κ3) is 4.14. The number of ether oxygens (including phenoxy) is 1. The van der Waals surface area contributed by atoms with E-state index in [1.54, 1.807) is 7.11 Å². The molecule has 1 aromatic heterocycles. The van der Waals surface area contributed by atoms with Gasteiger partial charge in [-0.25, -0.2) is 0 Å². The Labute approximate surface area is 195 Å². The molecule has 33 heavy (non-hydrogen) atoms. The van der Waals surface area contributed by atoms with Crippen molar-refractivity contribution in [3.05, 3.63) is 77.4 Å². The van der Waals surface area contributed by atoms with E-state index in [0.29, 0.717) is 6.54 Å². The van der Waals surface area contributed by atoms with Crippen molar-refractivity contribution in [1.29, 1.82) is 0 Å². The summed E-state index contributed by atoms with van der Waals surface area (Å²) in [5, 5.41) is 8.91. The van der Waals surface area contributed by atoms with E-state index in [4.69, 9.17) is 4.74 Å². The second-order valence-electron chi connectivity index (χ2n) is 9.64. The zero-order valence-electron chi connectivity index (χ0n) is 19.5. The summed E-state index contributed by atoms with van der Waals surface area (Å²) in [6.07, 6.45) is 7.83. The first-order chi connectivity index (χ1) is 16.1. The van der Waals surface area contributed by atoms with Gasteiger partial charge in [0.2, 0.25) is 0 Å². The fourth-order valence-corrected chi connectivity index (χ4v) is 5.85. The third-order valence-corrected chi connectivity index (χ3v) is 7.60. The molecule has 2 aromatic carbocycles. The molecule has 2 aliphatic rings. The molecular formula is C27H32N4O2. The van der Waals surface area contributed by atoms with Crippen LogP contribution in [0, 0.1) is 12.3 Å². The van der Waals surface area contributed by atoms with Crippen LogP contribution in [-0.4, -0.2) is 45.8 Å². The molecule has 1 aliphatic heterocycles. The van der Waals surface area contributed by atoms with Crippen molar-refractivity contribution in [2.24, 2.45) is 5.41 Å². The molecule has 1 unspecified atom stereocenters. The van der Waals surface area contributed by atoms with Crippen molar-refractivity contribution in [3.8, 4) is 5.75 Å². The maximum absolute atomic E-state index is 13.6. The van der Waals surface area contributed by atoms with Crippen LogP contribution in [0.1, 0.15) is 65.3 Å². The first kappa shape index (κ1) is 21.7. The number of carbonyl (C=O) groups excluding carboxylic acids is 1. The summed E-state index contributed by atoms with van der Waals surface area (Å²) in [6, 6.07) is 16.2. The summed E-state index contributed by atoms with van der Waals surface area (Å²) >= 11 is 0. The van der Waals surface area contributed by atoms with E-state index in [1.807, 2.05) is 37.5 Å². The molecule has 1 amide bonds. The Kier molecular flexibility index (Phi) is 5.92. The number of hydrogen-bond acceptors (Lipinski definition) is 4. The first-order valence-electron chi connectivity index (χ1n) is 12.0. The highest BCUT2D eigenvalue weighted by atomic mass is 16.5. The summed E-state index contributed by atoms with van der Waals surface area (Å²) in [4.78, 5) is 15.7. The highest BCUT2D eigenvalue weighted by molar-refractivity contribution is 5.96. The molecular weight excluding hydrogens is 412 g/mol. The molecule has 0 radical (unpaired) electrons. The van der Waals surface area contributed by atoms with Gasteiger partial charge in [-0.05, 0) is 54.5 Å². The van der Waals surface area contributed by atoms with E-state index in [2.05, 4.69) is 43.9 Å². The van der Waals surface area contributed by atoms with E-state index < -0.39 is 0 Å². The summed E-state index contributed by atoms with van der Waals surface area (Å²) in [5.41, 5.74) is 3.02. The number of amides is 1. The van der Waals surface area contributed by atoms with Crippen LogP contribution in [0.4, 0.5) is 0 Å². The lowest BCUT2D eigenvalue weighted by Gasteiger charge is -2.37. The standard InChI is InChI=1S/C27H32N4O2/c1-20-15-22(33-2)11-12-23(20)26(32)30-17-24(27(18-30)13-7-4-8-14-27)25-29-28-19-31(25)16-21-9-5-3-6-10-21/h3,5-6,9-12,15,19,24H,4,7-8,13-14,16-18H2,1-2H3. The monoisotopic (exact) mass is 444 g/mol. The number of aryl methyl sites for hydroxylation is 1. The van der Waals surface area contributed by atoms with Crippen LogP contribution in [-0.2, 0) is 6.54 Å². The molecule has 1 aliphatic carbocycles. The number of benzene rings is 2. The molecule has 0 bridgehead atoms. The fraction of sp³-hybridized carbons (Fsp3) is 0.444. The Balaban J connectivity index is 1.45. The van der Waals surface area contributed by atoms with Crippen molar-refractivity contribution in [1.82, 2.24) is 19.7 Å². The Morgan fingerprint density at radius 1 is 1.12 bits per heavy atom. The van der Waals surface area contributed by atoms with Crippen molar-refractivity contribution >= 4 is 5.91 Å². The van der Waals surface area contributed by atoms with Crippen LogP contribution in [0.25, 0.3) is 0 Å². The number of likely N-dealkylation sites (tertiary alicyclic amines) is 1. The van der Waals surface area contributed by atoms with Crippen molar-refractivity contribution in [3.63, 3.8) is 0 Å². The summed E-state index contributed by atoms with van der Waals surface area (Å²) in [7, 11) is 1.65. The summed E-state index contributed by atoms with van der Waals surface area (Å²) < 4.78 is 7.51. The molecule has 1 atom stereocenters. The molecule has 3 aromatic rings. The number of nitrogens with zero attached hydrogens (tertiary/aromatic N) is 4. The second kappa shape index (κ2) is 9.00. The summed E-state index contributed by atoms with van der Waals surface area (Å²) in [5.74, 6) is 2.10. The lowest BCUT2D eigenvalue weighted by Crippen LogP contribution is -2.34. The van der Waals surface area contributed by atoms with Crippen molar-refractivity contribution in [2.75, 3.05) is 20.2 Å². The van der Waals surface area contributed by atoms with E-state index in [9.17, 15) is 4.79 Å². The largest absolute Gasteiger partial charge is 0.497 e. The van der Waals surface area contributed by atoms with Crippen LogP contribution in [0.5, 0.6) is 5.75 Å². The highest BCUT2D eigenvalue weighted by Crippen LogP contribution is 2.52. The number of rotatable bonds is 5. The zero-order chi connectivity index (χ0) is 22.8. The van der Waals surface area contributed by atoms with Crippen LogP contribution in [0.2, 0.25) is 0 Å². The van der Waals surface area contributed by atoms with Crippen LogP contribution in [0.15, 0.2) is 54.9 Å². The van der Waals surface area contributed by atoms with E-state index in [-0.39, 0.29) is 17.2 Å². The van der Waals surface area contributed by atoms with Gasteiger partial charge in [0.25, 0.3) is 5.91 Å². The number of methoxy groups -OCH3 is 1. The van der Waals surface area contributed by atoms with Gasteiger partial charge in [0, 0.05) is 24.6 Å². The lowest BCUT2D eigenvalue weighted by atomic mass is 9.67. The smallest absolute Gasteiger partial charge is 0.254 e. The van der Waals surface area contributed by atoms with E-state index >= 15 is 0 Å². The average Bonchev–Trinajstić information content (AvgIpc) is 3.44. The topological polar surface area (TPSA) is 60.2 Å². The van der Waals surface area contributed by atoms with E-state index in [1.165, 1.54) is 24.8 Å². The normalized spacial score (nSPS) is 19.7. The maximum atomic E-state index is 13.6. The first-order valence-corrected chi connectivity index (χ1v) is 12.0. The number of hydrogen-bond donors (Lipinski definition) is 0. The Morgan fingerprint density at radius 2 is 1.91 bits per heavy atom. The molecule has 6 nitrogen and oxygen atoms in total. The lowest BCUT2D eigenvalue weighted by molar-refractivity contribution is 0.0757. The maximum Gasteiger partial charge on any atom is 0.254 e. The predicted octanol–water partition coefficient (Wildman–Crippen LogP) is 4.83. The van der Waals surface area contributed by atoms with Gasteiger partial charge in [-0.1, -0.05) is 49.6 Å². The quantitative estimate of drug-likeness (QED) is 0.565. The van der Waals surface area contributed by atoms with Gasteiger partial charge in [0.15, 0.2) is 0 Å². The molecule has 5 rings (SSSR count). The van der Waals surface area contributed by atoms with Gasteiger partial charge in [-0.15, -0.1) is 10.2 Å². The second-order valence-corrected chi connectivity index (χ2v) is 9.64. The molecule has 2 heterocycles. The SMILES string of the molecule is COc1ccc(C(=O)N2CC(c3nncn3Cc3ccccc3)C3(CCCCC3)C2)c(C)c1. The Hall–Kier alpha value is -3.15. The minimum atomic E-state index is 0.0791. The summed E-state index contributed by atoms with van der Waals surface area (Å²) in [6.45, 7) is 4.22. The van der Waals surface area contributed by atoms with Gasteiger partial charge >= 0.3 is 0 Å². The third-order valence-electron chi connectivity index (χ3n) is 7.60. The van der Waals surface area contributed by atoms with E-state index in [0.717, 1.165) is 48.6 Å². The Bertz CT molecular complexity index is 1120. The molecule has 1 saturated heterocycles. The number of aromatic nitrogens is 3. The predicted molar refractivity (Wildman–Crippen MR) is 127 cm³/mol. The molecule has 172 valence electrons. The van der Waals surface area contributed by atoms with Gasteiger partial charge in [-0.3, -0.25) is 4.79 Å². The van der Waals surface area contributed by atoms with Crippen molar-refractivity contribution in [2.45, 2.75) is 51.5 Å². The average molecular weight is 445 g/mol. The molecule has 2 fully saturated rings.